The number of aromatic amines is 1. The van der Waals surface area contributed by atoms with Crippen molar-refractivity contribution >= 4 is 0 Å². The van der Waals surface area contributed by atoms with Gasteiger partial charge in [-0.1, -0.05) is 37.3 Å². The molecule has 0 radical (unpaired) electrons. The molecule has 0 spiro atoms. The number of hydrogen-bond donors (Lipinski definition) is 2. The number of H-pyrrole nitrogens is 1. The molecule has 0 saturated heterocycles. The molecule has 1 unspecified atom stereocenters. The first-order valence-electron chi connectivity index (χ1n) is 5.59. The normalized spacial score (nSPS) is 12.6. The van der Waals surface area contributed by atoms with E-state index in [4.69, 9.17) is 5.73 Å². The van der Waals surface area contributed by atoms with Gasteiger partial charge in [0, 0.05) is 6.42 Å². The smallest absolute Gasteiger partial charge is 0.106 e. The Kier molecular flexibility index (Phi) is 3.37. The van der Waals surface area contributed by atoms with Gasteiger partial charge < -0.3 is 10.7 Å². The number of rotatable bonds is 4. The maximum Gasteiger partial charge on any atom is 0.106 e. The van der Waals surface area contributed by atoms with Gasteiger partial charge in [0.25, 0.3) is 0 Å². The van der Waals surface area contributed by atoms with Crippen molar-refractivity contribution in [3.63, 3.8) is 0 Å². The molecule has 2 aromatic rings. The lowest BCUT2D eigenvalue weighted by Gasteiger charge is -2.04. The minimum Gasteiger partial charge on any atom is -0.342 e. The summed E-state index contributed by atoms with van der Waals surface area (Å²) < 4.78 is 0. The fourth-order valence-corrected chi connectivity index (χ4v) is 1.64. The van der Waals surface area contributed by atoms with E-state index < -0.39 is 0 Å². The lowest BCUT2D eigenvalue weighted by Crippen LogP contribution is -2.13. The Bertz CT molecular complexity index is 433. The Morgan fingerprint density at radius 2 is 2.06 bits per heavy atom. The van der Waals surface area contributed by atoms with Gasteiger partial charge in [0.05, 0.1) is 11.9 Å². The number of hydrogen-bond acceptors (Lipinski definition) is 2. The molecule has 0 aliphatic carbocycles. The second-order valence-electron chi connectivity index (χ2n) is 4.15. The van der Waals surface area contributed by atoms with Crippen LogP contribution in [0.3, 0.4) is 0 Å². The van der Waals surface area contributed by atoms with Crippen molar-refractivity contribution in [2.24, 2.45) is 11.7 Å². The first kappa shape index (κ1) is 10.9. The fraction of sp³-hybridized carbons (Fsp3) is 0.308. The van der Waals surface area contributed by atoms with Crippen molar-refractivity contribution in [3.8, 4) is 11.3 Å². The van der Waals surface area contributed by atoms with Gasteiger partial charge in [-0.15, -0.1) is 0 Å². The van der Waals surface area contributed by atoms with Crippen LogP contribution in [0.2, 0.25) is 0 Å². The lowest BCUT2D eigenvalue weighted by atomic mass is 10.1. The number of imidazole rings is 1. The third kappa shape index (κ3) is 2.49. The molecule has 1 atom stereocenters. The number of nitrogens with zero attached hydrogens (tertiary/aromatic N) is 1. The predicted molar refractivity (Wildman–Crippen MR) is 65.9 cm³/mol. The predicted octanol–water partition coefficient (Wildman–Crippen LogP) is 2.21. The minimum atomic E-state index is 0.467. The molecule has 3 N–H and O–H groups in total. The van der Waals surface area contributed by atoms with Crippen LogP contribution in [0.1, 0.15) is 12.7 Å². The van der Waals surface area contributed by atoms with E-state index in [0.717, 1.165) is 17.9 Å². The van der Waals surface area contributed by atoms with Crippen molar-refractivity contribution in [2.75, 3.05) is 6.54 Å². The minimum absolute atomic E-state index is 0.467. The van der Waals surface area contributed by atoms with E-state index in [9.17, 15) is 0 Å². The lowest BCUT2D eigenvalue weighted by molar-refractivity contribution is 0.577. The Hall–Kier alpha value is -1.61. The monoisotopic (exact) mass is 215 g/mol. The Morgan fingerprint density at radius 1 is 1.31 bits per heavy atom. The Morgan fingerprint density at radius 3 is 2.75 bits per heavy atom. The summed E-state index contributed by atoms with van der Waals surface area (Å²) in [5.74, 6) is 1.48. The van der Waals surface area contributed by atoms with Gasteiger partial charge in [0.2, 0.25) is 0 Å². The van der Waals surface area contributed by atoms with Gasteiger partial charge in [0.15, 0.2) is 0 Å². The van der Waals surface area contributed by atoms with Crippen LogP contribution >= 0.6 is 0 Å². The molecule has 1 heterocycles. The van der Waals surface area contributed by atoms with Crippen LogP contribution in [0.5, 0.6) is 0 Å². The van der Waals surface area contributed by atoms with Crippen LogP contribution in [0, 0.1) is 5.92 Å². The van der Waals surface area contributed by atoms with Crippen LogP contribution in [-0.2, 0) is 6.42 Å². The van der Waals surface area contributed by atoms with Crippen LogP contribution < -0.4 is 5.73 Å². The van der Waals surface area contributed by atoms with Crippen molar-refractivity contribution in [1.29, 1.82) is 0 Å². The maximum absolute atomic E-state index is 5.60. The second-order valence-corrected chi connectivity index (χ2v) is 4.15. The molecule has 16 heavy (non-hydrogen) atoms. The van der Waals surface area contributed by atoms with Gasteiger partial charge in [-0.3, -0.25) is 0 Å². The molecule has 0 saturated carbocycles. The summed E-state index contributed by atoms with van der Waals surface area (Å²) in [6.45, 7) is 2.83. The molecule has 3 heteroatoms. The van der Waals surface area contributed by atoms with Gasteiger partial charge in [-0.05, 0) is 18.0 Å². The third-order valence-corrected chi connectivity index (χ3v) is 2.66. The molecule has 0 aliphatic rings. The summed E-state index contributed by atoms with van der Waals surface area (Å²) >= 11 is 0. The number of benzene rings is 1. The summed E-state index contributed by atoms with van der Waals surface area (Å²) in [6, 6.07) is 10.2. The van der Waals surface area contributed by atoms with E-state index in [1.807, 2.05) is 24.4 Å². The van der Waals surface area contributed by atoms with Gasteiger partial charge in [0.1, 0.15) is 5.82 Å². The highest BCUT2D eigenvalue weighted by Gasteiger charge is 2.06. The van der Waals surface area contributed by atoms with Gasteiger partial charge >= 0.3 is 0 Å². The largest absolute Gasteiger partial charge is 0.342 e. The molecular weight excluding hydrogens is 198 g/mol. The summed E-state index contributed by atoms with van der Waals surface area (Å²) in [6.07, 6.45) is 2.79. The average molecular weight is 215 g/mol. The highest BCUT2D eigenvalue weighted by Crippen LogP contribution is 2.16. The van der Waals surface area contributed by atoms with Crippen LogP contribution in [0.4, 0.5) is 0 Å². The van der Waals surface area contributed by atoms with Crippen LogP contribution in [-0.4, -0.2) is 16.5 Å². The molecule has 3 nitrogen and oxygen atoms in total. The van der Waals surface area contributed by atoms with Crippen molar-refractivity contribution in [3.05, 3.63) is 42.4 Å². The molecule has 2 rings (SSSR count). The molecule has 84 valence electrons. The highest BCUT2D eigenvalue weighted by atomic mass is 14.9. The van der Waals surface area contributed by atoms with Gasteiger partial charge in [-0.2, -0.15) is 0 Å². The fourth-order valence-electron chi connectivity index (χ4n) is 1.64. The first-order valence-corrected chi connectivity index (χ1v) is 5.59. The number of nitrogens with one attached hydrogen (secondary N) is 1. The van der Waals surface area contributed by atoms with Crippen molar-refractivity contribution < 1.29 is 0 Å². The van der Waals surface area contributed by atoms with E-state index >= 15 is 0 Å². The molecule has 0 amide bonds. The summed E-state index contributed by atoms with van der Waals surface area (Å²) in [5, 5.41) is 0. The quantitative estimate of drug-likeness (QED) is 0.821. The summed E-state index contributed by atoms with van der Waals surface area (Å²) in [7, 11) is 0. The van der Waals surface area contributed by atoms with E-state index in [2.05, 4.69) is 29.0 Å². The summed E-state index contributed by atoms with van der Waals surface area (Å²) in [4.78, 5) is 7.70. The van der Waals surface area contributed by atoms with Crippen LogP contribution in [0.25, 0.3) is 11.3 Å². The Balaban J connectivity index is 2.14. The van der Waals surface area contributed by atoms with Crippen molar-refractivity contribution in [2.45, 2.75) is 13.3 Å². The average Bonchev–Trinajstić information content (AvgIpc) is 2.78. The standard InChI is InChI=1S/C13H17N3/c1-10(8-14)7-13-15-9-12(16-13)11-5-3-2-4-6-11/h2-6,9-10H,7-8,14H2,1H3,(H,15,16). The number of nitrogens with two attached hydrogens (primary N) is 1. The zero-order chi connectivity index (χ0) is 11.4. The maximum atomic E-state index is 5.60. The first-order chi connectivity index (χ1) is 7.79. The SMILES string of the molecule is CC(CN)Cc1ncc(-c2ccccc2)[nH]1. The molecule has 0 bridgehead atoms. The zero-order valence-electron chi connectivity index (χ0n) is 9.48. The Labute approximate surface area is 95.7 Å². The summed E-state index contributed by atoms with van der Waals surface area (Å²) in [5.41, 5.74) is 7.83. The number of aromatic nitrogens is 2. The van der Waals surface area contributed by atoms with Crippen molar-refractivity contribution in [1.82, 2.24) is 9.97 Å². The zero-order valence-corrected chi connectivity index (χ0v) is 9.48. The second kappa shape index (κ2) is 4.94. The molecule has 1 aromatic heterocycles. The van der Waals surface area contributed by atoms with Crippen LogP contribution in [0.15, 0.2) is 36.5 Å². The van der Waals surface area contributed by atoms with E-state index in [1.54, 1.807) is 0 Å². The van der Waals surface area contributed by atoms with E-state index in [-0.39, 0.29) is 0 Å². The molecule has 1 aromatic carbocycles. The third-order valence-electron chi connectivity index (χ3n) is 2.66. The molecule has 0 fully saturated rings. The highest BCUT2D eigenvalue weighted by molar-refractivity contribution is 5.57. The van der Waals surface area contributed by atoms with Gasteiger partial charge in [-0.25, -0.2) is 4.98 Å². The molecule has 0 aliphatic heterocycles. The van der Waals surface area contributed by atoms with E-state index in [0.29, 0.717) is 12.5 Å². The molecular formula is C13H17N3. The van der Waals surface area contributed by atoms with E-state index in [1.165, 1.54) is 5.56 Å². The topological polar surface area (TPSA) is 54.7 Å².